The first kappa shape index (κ1) is 14.6. The second-order valence-corrected chi connectivity index (χ2v) is 4.88. The van der Waals surface area contributed by atoms with Gasteiger partial charge in [-0.05, 0) is 36.8 Å². The number of benzene rings is 1. The number of amides is 1. The summed E-state index contributed by atoms with van der Waals surface area (Å²) in [5.74, 6) is 0.0151. The molecule has 5 heteroatoms. The lowest BCUT2D eigenvalue weighted by Crippen LogP contribution is -2.37. The molecule has 4 nitrogen and oxygen atoms in total. The molecule has 1 N–H and O–H groups in total. The third kappa shape index (κ3) is 3.40. The minimum absolute atomic E-state index is 0.209. The second-order valence-electron chi connectivity index (χ2n) is 4.45. The highest BCUT2D eigenvalue weighted by molar-refractivity contribution is 6.30. The Morgan fingerprint density at radius 2 is 2.00 bits per heavy atom. The van der Waals surface area contributed by atoms with Crippen LogP contribution in [0.3, 0.4) is 0 Å². The van der Waals surface area contributed by atoms with Crippen LogP contribution in [-0.2, 0) is 4.74 Å². The van der Waals surface area contributed by atoms with Crippen LogP contribution in [0.2, 0.25) is 5.02 Å². The zero-order valence-corrected chi connectivity index (χ0v) is 12.1. The molecule has 0 saturated heterocycles. The van der Waals surface area contributed by atoms with Gasteiger partial charge in [0.15, 0.2) is 5.76 Å². The maximum absolute atomic E-state index is 11.9. The Labute approximate surface area is 122 Å². The predicted molar refractivity (Wildman–Crippen MR) is 76.8 cm³/mol. The van der Waals surface area contributed by atoms with E-state index in [9.17, 15) is 4.79 Å². The molecular weight excluding hydrogens is 278 g/mol. The minimum Gasteiger partial charge on any atom is -0.459 e. The van der Waals surface area contributed by atoms with Gasteiger partial charge in [-0.25, -0.2) is 0 Å². The Bertz CT molecular complexity index is 551. The number of rotatable bonds is 5. The molecule has 0 bridgehead atoms. The molecule has 2 atom stereocenters. The molecule has 2 rings (SSSR count). The highest BCUT2D eigenvalue weighted by Gasteiger charge is 2.22. The van der Waals surface area contributed by atoms with Crippen molar-refractivity contribution < 1.29 is 13.9 Å². The van der Waals surface area contributed by atoms with Gasteiger partial charge in [-0.2, -0.15) is 0 Å². The molecule has 0 radical (unpaired) electrons. The third-order valence-corrected chi connectivity index (χ3v) is 3.26. The first-order valence-electron chi connectivity index (χ1n) is 6.24. The summed E-state index contributed by atoms with van der Waals surface area (Å²) in [6.07, 6.45) is 1.21. The Morgan fingerprint density at radius 1 is 1.30 bits per heavy atom. The smallest absolute Gasteiger partial charge is 0.287 e. The molecule has 0 unspecified atom stereocenters. The van der Waals surface area contributed by atoms with E-state index < -0.39 is 0 Å². The monoisotopic (exact) mass is 293 g/mol. The summed E-state index contributed by atoms with van der Waals surface area (Å²) in [7, 11) is 1.61. The molecule has 0 aliphatic heterocycles. The minimum atomic E-state index is -0.265. The molecule has 0 aliphatic rings. The van der Waals surface area contributed by atoms with E-state index in [0.29, 0.717) is 5.02 Å². The average Bonchev–Trinajstić information content (AvgIpc) is 2.96. The molecule has 0 saturated carbocycles. The maximum atomic E-state index is 11.9. The number of ether oxygens (including phenoxy) is 1. The van der Waals surface area contributed by atoms with E-state index in [1.165, 1.54) is 6.26 Å². The lowest BCUT2D eigenvalue weighted by Gasteiger charge is -2.23. The van der Waals surface area contributed by atoms with Gasteiger partial charge in [-0.15, -0.1) is 0 Å². The average molecular weight is 294 g/mol. The van der Waals surface area contributed by atoms with Crippen molar-refractivity contribution in [3.05, 3.63) is 59.0 Å². The van der Waals surface area contributed by atoms with Crippen molar-refractivity contribution in [1.29, 1.82) is 0 Å². The number of hydrogen-bond donors (Lipinski definition) is 1. The van der Waals surface area contributed by atoms with Crippen molar-refractivity contribution in [3.63, 3.8) is 0 Å². The van der Waals surface area contributed by atoms with Crippen LogP contribution >= 0.6 is 11.6 Å². The Kier molecular flexibility index (Phi) is 4.82. The molecule has 20 heavy (non-hydrogen) atoms. The topological polar surface area (TPSA) is 51.5 Å². The molecule has 0 aliphatic carbocycles. The van der Waals surface area contributed by atoms with E-state index in [1.54, 1.807) is 31.4 Å². The molecule has 2 aromatic rings. The quantitative estimate of drug-likeness (QED) is 0.919. The first-order chi connectivity index (χ1) is 9.61. The molecule has 1 aromatic heterocycles. The van der Waals surface area contributed by atoms with Crippen LogP contribution in [-0.4, -0.2) is 19.1 Å². The van der Waals surface area contributed by atoms with E-state index in [-0.39, 0.29) is 23.8 Å². The van der Waals surface area contributed by atoms with Crippen molar-refractivity contribution in [1.82, 2.24) is 5.32 Å². The normalized spacial score (nSPS) is 13.8. The van der Waals surface area contributed by atoms with Gasteiger partial charge in [0.2, 0.25) is 0 Å². The van der Waals surface area contributed by atoms with Gasteiger partial charge in [-0.1, -0.05) is 23.7 Å². The van der Waals surface area contributed by atoms with Gasteiger partial charge >= 0.3 is 0 Å². The van der Waals surface area contributed by atoms with Crippen molar-refractivity contribution in [3.8, 4) is 0 Å². The van der Waals surface area contributed by atoms with Gasteiger partial charge in [-0.3, -0.25) is 4.79 Å². The van der Waals surface area contributed by atoms with Gasteiger partial charge in [0.05, 0.1) is 12.3 Å². The van der Waals surface area contributed by atoms with Crippen molar-refractivity contribution in [2.24, 2.45) is 0 Å². The summed E-state index contributed by atoms with van der Waals surface area (Å²) in [4.78, 5) is 11.9. The summed E-state index contributed by atoms with van der Waals surface area (Å²) in [5.41, 5.74) is 0.948. The number of hydrogen-bond acceptors (Lipinski definition) is 3. The lowest BCUT2D eigenvalue weighted by molar-refractivity contribution is 0.0632. The van der Waals surface area contributed by atoms with Gasteiger partial charge in [0.1, 0.15) is 6.10 Å². The fourth-order valence-electron chi connectivity index (χ4n) is 2.04. The fourth-order valence-corrected chi connectivity index (χ4v) is 2.17. The van der Waals surface area contributed by atoms with E-state index in [4.69, 9.17) is 20.8 Å². The van der Waals surface area contributed by atoms with Gasteiger partial charge in [0.25, 0.3) is 5.91 Å². The molecule has 106 valence electrons. The maximum Gasteiger partial charge on any atom is 0.287 e. The summed E-state index contributed by atoms with van der Waals surface area (Å²) in [6, 6.07) is 10.4. The molecular formula is C15H16ClNO3. The number of methoxy groups -OCH3 is 1. The molecule has 0 spiro atoms. The zero-order chi connectivity index (χ0) is 14.5. The number of halogens is 1. The van der Waals surface area contributed by atoms with Crippen molar-refractivity contribution >= 4 is 17.5 Å². The summed E-state index contributed by atoms with van der Waals surface area (Å²) < 4.78 is 10.5. The highest BCUT2D eigenvalue weighted by atomic mass is 35.5. The summed E-state index contributed by atoms with van der Waals surface area (Å²) in [6.45, 7) is 1.88. The Balaban J connectivity index is 2.07. The number of carbonyl (C=O) groups is 1. The number of furan rings is 1. The van der Waals surface area contributed by atoms with Crippen LogP contribution in [0.25, 0.3) is 0 Å². The summed E-state index contributed by atoms with van der Waals surface area (Å²) >= 11 is 5.87. The fraction of sp³-hybridized carbons (Fsp3) is 0.267. The number of nitrogens with one attached hydrogen (secondary N) is 1. The number of carbonyl (C=O) groups excluding carboxylic acids is 1. The molecule has 1 heterocycles. The third-order valence-electron chi connectivity index (χ3n) is 3.01. The van der Waals surface area contributed by atoms with Gasteiger partial charge < -0.3 is 14.5 Å². The van der Waals surface area contributed by atoms with Crippen molar-refractivity contribution in [2.75, 3.05) is 7.11 Å². The second kappa shape index (κ2) is 6.59. The van der Waals surface area contributed by atoms with Crippen molar-refractivity contribution in [2.45, 2.75) is 19.1 Å². The van der Waals surface area contributed by atoms with Crippen LogP contribution in [0, 0.1) is 0 Å². The van der Waals surface area contributed by atoms with Crippen LogP contribution in [0.4, 0.5) is 0 Å². The van der Waals surface area contributed by atoms with E-state index in [2.05, 4.69) is 5.32 Å². The molecule has 1 aromatic carbocycles. The molecule has 1 amide bonds. The zero-order valence-electron chi connectivity index (χ0n) is 11.3. The molecule has 0 fully saturated rings. The predicted octanol–water partition coefficient (Wildman–Crippen LogP) is 3.44. The van der Waals surface area contributed by atoms with Crippen LogP contribution in [0.1, 0.15) is 29.1 Å². The first-order valence-corrected chi connectivity index (χ1v) is 6.62. The van der Waals surface area contributed by atoms with E-state index in [0.717, 1.165) is 5.56 Å². The summed E-state index contributed by atoms with van der Waals surface area (Å²) in [5, 5.41) is 3.52. The standard InChI is InChI=1S/C15H16ClNO3/c1-10(17-15(18)13-4-3-9-20-13)14(19-2)11-5-7-12(16)8-6-11/h3-10,14H,1-2H3,(H,17,18)/t10-,14-/m1/s1. The van der Waals surface area contributed by atoms with E-state index in [1.807, 2.05) is 19.1 Å². The van der Waals surface area contributed by atoms with Gasteiger partial charge in [0, 0.05) is 12.1 Å². The Hall–Kier alpha value is -1.78. The highest BCUT2D eigenvalue weighted by Crippen LogP contribution is 2.22. The SMILES string of the molecule is CO[C@@H](c1ccc(Cl)cc1)[C@@H](C)NC(=O)c1ccco1. The Morgan fingerprint density at radius 3 is 2.55 bits per heavy atom. The largest absolute Gasteiger partial charge is 0.459 e. The van der Waals surface area contributed by atoms with E-state index >= 15 is 0 Å². The van der Waals surface area contributed by atoms with Crippen LogP contribution in [0.5, 0.6) is 0 Å². The van der Waals surface area contributed by atoms with Crippen LogP contribution < -0.4 is 5.32 Å². The lowest BCUT2D eigenvalue weighted by atomic mass is 10.0. The van der Waals surface area contributed by atoms with Crippen LogP contribution in [0.15, 0.2) is 47.1 Å².